The number of alkyl halides is 3. The molecule has 2 atom stereocenters. The molecule has 0 aromatic heterocycles. The molecule has 0 saturated carbocycles. The van der Waals surface area contributed by atoms with Crippen LogP contribution in [0.1, 0.15) is 12.8 Å². The highest BCUT2D eigenvalue weighted by atomic mass is 19.4. The fourth-order valence-corrected chi connectivity index (χ4v) is 1.20. The van der Waals surface area contributed by atoms with Crippen molar-refractivity contribution >= 4 is 0 Å². The SMILES string of the molecule is N[C@@H]1CCN[C@H](C(F)(F)F)C1. The molecular weight excluding hydrogens is 157 g/mol. The van der Waals surface area contributed by atoms with Crippen molar-refractivity contribution < 1.29 is 13.2 Å². The Morgan fingerprint density at radius 3 is 2.36 bits per heavy atom. The minimum Gasteiger partial charge on any atom is -0.328 e. The van der Waals surface area contributed by atoms with Crippen molar-refractivity contribution in [2.75, 3.05) is 6.54 Å². The van der Waals surface area contributed by atoms with E-state index in [-0.39, 0.29) is 12.5 Å². The van der Waals surface area contributed by atoms with Gasteiger partial charge in [-0.15, -0.1) is 0 Å². The molecule has 0 aromatic rings. The summed E-state index contributed by atoms with van der Waals surface area (Å²) < 4.78 is 36.0. The lowest BCUT2D eigenvalue weighted by atomic mass is 10.0. The van der Waals surface area contributed by atoms with Gasteiger partial charge in [-0.3, -0.25) is 0 Å². The molecule has 0 unspecified atom stereocenters. The van der Waals surface area contributed by atoms with Crippen molar-refractivity contribution in [2.45, 2.75) is 31.1 Å². The zero-order valence-electron chi connectivity index (χ0n) is 5.99. The maximum absolute atomic E-state index is 12.0. The van der Waals surface area contributed by atoms with Crippen LogP contribution in [0.2, 0.25) is 0 Å². The zero-order chi connectivity index (χ0) is 8.48. The molecule has 0 amide bonds. The van der Waals surface area contributed by atoms with E-state index in [4.69, 9.17) is 5.73 Å². The van der Waals surface area contributed by atoms with Crippen molar-refractivity contribution in [3.05, 3.63) is 0 Å². The summed E-state index contributed by atoms with van der Waals surface area (Å²) in [4.78, 5) is 0. The van der Waals surface area contributed by atoms with Crippen LogP contribution in [0.5, 0.6) is 0 Å². The van der Waals surface area contributed by atoms with Gasteiger partial charge in [-0.05, 0) is 19.4 Å². The Kier molecular flexibility index (Phi) is 2.39. The summed E-state index contributed by atoms with van der Waals surface area (Å²) in [7, 11) is 0. The molecule has 5 heteroatoms. The topological polar surface area (TPSA) is 38.0 Å². The largest absolute Gasteiger partial charge is 0.403 e. The first kappa shape index (κ1) is 8.80. The molecule has 0 spiro atoms. The Morgan fingerprint density at radius 2 is 2.00 bits per heavy atom. The van der Waals surface area contributed by atoms with Crippen molar-refractivity contribution in [2.24, 2.45) is 5.73 Å². The number of nitrogens with one attached hydrogen (secondary N) is 1. The average Bonchev–Trinajstić information content (AvgIpc) is 1.86. The molecule has 1 rings (SSSR count). The second-order valence-electron chi connectivity index (χ2n) is 2.83. The van der Waals surface area contributed by atoms with Gasteiger partial charge in [-0.1, -0.05) is 0 Å². The van der Waals surface area contributed by atoms with Crippen LogP contribution >= 0.6 is 0 Å². The first-order valence-corrected chi connectivity index (χ1v) is 3.56. The van der Waals surface area contributed by atoms with Crippen molar-refractivity contribution in [1.82, 2.24) is 5.32 Å². The Balaban J connectivity index is 2.46. The molecule has 0 aromatic carbocycles. The highest BCUT2D eigenvalue weighted by Crippen LogP contribution is 2.25. The van der Waals surface area contributed by atoms with Gasteiger partial charge in [0.1, 0.15) is 6.04 Å². The van der Waals surface area contributed by atoms with E-state index in [9.17, 15) is 13.2 Å². The van der Waals surface area contributed by atoms with Gasteiger partial charge in [-0.25, -0.2) is 0 Å². The van der Waals surface area contributed by atoms with Gasteiger partial charge in [0.25, 0.3) is 0 Å². The van der Waals surface area contributed by atoms with Gasteiger partial charge >= 0.3 is 6.18 Å². The van der Waals surface area contributed by atoms with Crippen LogP contribution in [0.4, 0.5) is 13.2 Å². The minimum absolute atomic E-state index is 0.00347. The van der Waals surface area contributed by atoms with E-state index in [1.165, 1.54) is 0 Å². The highest BCUT2D eigenvalue weighted by Gasteiger charge is 2.41. The van der Waals surface area contributed by atoms with Crippen LogP contribution in [-0.4, -0.2) is 24.8 Å². The number of halogens is 3. The summed E-state index contributed by atoms with van der Waals surface area (Å²) in [6, 6.07) is -1.70. The van der Waals surface area contributed by atoms with Crippen LogP contribution in [0.25, 0.3) is 0 Å². The summed E-state index contributed by atoms with van der Waals surface area (Å²) in [5.74, 6) is 0. The quantitative estimate of drug-likeness (QED) is 0.556. The molecule has 0 radical (unpaired) electrons. The predicted octanol–water partition coefficient (Wildman–Crippen LogP) is 0.628. The van der Waals surface area contributed by atoms with E-state index < -0.39 is 12.2 Å². The maximum atomic E-state index is 12.0. The molecule has 11 heavy (non-hydrogen) atoms. The van der Waals surface area contributed by atoms with Crippen LogP contribution in [0, 0.1) is 0 Å². The van der Waals surface area contributed by atoms with E-state index in [0.717, 1.165) is 0 Å². The molecule has 1 heterocycles. The second kappa shape index (κ2) is 2.98. The average molecular weight is 168 g/mol. The molecule has 0 bridgehead atoms. The van der Waals surface area contributed by atoms with Gasteiger partial charge < -0.3 is 11.1 Å². The fourth-order valence-electron chi connectivity index (χ4n) is 1.20. The number of hydrogen-bond acceptors (Lipinski definition) is 2. The minimum atomic E-state index is -4.14. The van der Waals surface area contributed by atoms with Gasteiger partial charge in [0.2, 0.25) is 0 Å². The number of piperidine rings is 1. The lowest BCUT2D eigenvalue weighted by Gasteiger charge is -2.29. The van der Waals surface area contributed by atoms with Crippen LogP contribution in [-0.2, 0) is 0 Å². The van der Waals surface area contributed by atoms with Crippen LogP contribution in [0.3, 0.4) is 0 Å². The summed E-state index contributed by atoms with van der Waals surface area (Å²) in [5.41, 5.74) is 5.38. The molecule has 1 fully saturated rings. The van der Waals surface area contributed by atoms with Crippen LogP contribution < -0.4 is 11.1 Å². The third-order valence-corrected chi connectivity index (χ3v) is 1.84. The van der Waals surface area contributed by atoms with Gasteiger partial charge in [0, 0.05) is 6.04 Å². The first-order valence-electron chi connectivity index (χ1n) is 3.56. The number of hydrogen-bond donors (Lipinski definition) is 2. The molecule has 2 nitrogen and oxygen atoms in total. The molecule has 3 N–H and O–H groups in total. The Morgan fingerprint density at radius 1 is 1.36 bits per heavy atom. The summed E-state index contributed by atoms with van der Waals surface area (Å²) >= 11 is 0. The van der Waals surface area contributed by atoms with Crippen LogP contribution in [0.15, 0.2) is 0 Å². The zero-order valence-corrected chi connectivity index (χ0v) is 5.99. The molecule has 1 aliphatic rings. The number of rotatable bonds is 0. The Bertz CT molecular complexity index is 134. The maximum Gasteiger partial charge on any atom is 0.403 e. The van der Waals surface area contributed by atoms with E-state index in [1.54, 1.807) is 0 Å². The third-order valence-electron chi connectivity index (χ3n) is 1.84. The van der Waals surface area contributed by atoms with Crippen molar-refractivity contribution in [3.8, 4) is 0 Å². The fraction of sp³-hybridized carbons (Fsp3) is 1.00. The van der Waals surface area contributed by atoms with Gasteiger partial charge in [0.05, 0.1) is 0 Å². The molecule has 1 saturated heterocycles. The molecule has 0 aliphatic carbocycles. The molecule has 66 valence electrons. The van der Waals surface area contributed by atoms with E-state index >= 15 is 0 Å². The van der Waals surface area contributed by atoms with Crippen molar-refractivity contribution in [1.29, 1.82) is 0 Å². The van der Waals surface area contributed by atoms with Gasteiger partial charge in [0.15, 0.2) is 0 Å². The van der Waals surface area contributed by atoms with E-state index in [2.05, 4.69) is 5.32 Å². The van der Waals surface area contributed by atoms with Gasteiger partial charge in [-0.2, -0.15) is 13.2 Å². The third kappa shape index (κ3) is 2.34. The smallest absolute Gasteiger partial charge is 0.328 e. The molecular formula is C6H11F3N2. The standard InChI is InChI=1S/C6H11F3N2/c7-6(8,9)5-3-4(10)1-2-11-5/h4-5,11H,1-3,10H2/t4-,5+/m1/s1. The second-order valence-corrected chi connectivity index (χ2v) is 2.83. The lowest BCUT2D eigenvalue weighted by molar-refractivity contribution is -0.161. The normalized spacial score (nSPS) is 33.8. The summed E-state index contributed by atoms with van der Waals surface area (Å²) in [6.07, 6.45) is -3.51. The van der Waals surface area contributed by atoms with Crippen molar-refractivity contribution in [3.63, 3.8) is 0 Å². The summed E-state index contributed by atoms with van der Waals surface area (Å²) in [5, 5.41) is 2.38. The van der Waals surface area contributed by atoms with E-state index in [1.807, 2.05) is 0 Å². The summed E-state index contributed by atoms with van der Waals surface area (Å²) in [6.45, 7) is 0.366. The Hall–Kier alpha value is -0.290. The Labute approximate surface area is 62.9 Å². The highest BCUT2D eigenvalue weighted by molar-refractivity contribution is 4.84. The van der Waals surface area contributed by atoms with E-state index in [0.29, 0.717) is 13.0 Å². The first-order chi connectivity index (χ1) is 5.00. The number of nitrogens with two attached hydrogens (primary N) is 1. The molecule has 1 aliphatic heterocycles. The predicted molar refractivity (Wildman–Crippen MR) is 35.1 cm³/mol. The monoisotopic (exact) mass is 168 g/mol. The lowest BCUT2D eigenvalue weighted by Crippen LogP contribution is -2.51.